The fraction of sp³-hybridized carbons (Fsp3) is 0.0476. The van der Waals surface area contributed by atoms with Crippen LogP contribution in [0.15, 0.2) is 77.5 Å². The lowest BCUT2D eigenvalue weighted by atomic mass is 10.0. The largest absolute Gasteiger partial charge is 0.347 e. The first kappa shape index (κ1) is 15.5. The van der Waals surface area contributed by atoms with Crippen molar-refractivity contribution < 1.29 is 4.79 Å². The highest BCUT2D eigenvalue weighted by Crippen LogP contribution is 2.25. The Kier molecular flexibility index (Phi) is 4.27. The fourth-order valence-electron chi connectivity index (χ4n) is 2.83. The van der Waals surface area contributed by atoms with E-state index in [4.69, 9.17) is 0 Å². The van der Waals surface area contributed by atoms with E-state index in [-0.39, 0.29) is 5.91 Å². The Balaban J connectivity index is 1.54. The third-order valence-electron chi connectivity index (χ3n) is 4.12. The average Bonchev–Trinajstić information content (AvgIpc) is 3.20. The molecule has 1 amide bonds. The zero-order valence-corrected chi connectivity index (χ0v) is 14.3. The van der Waals surface area contributed by atoms with Gasteiger partial charge in [0.05, 0.1) is 5.52 Å². The minimum Gasteiger partial charge on any atom is -0.347 e. The molecule has 3 nitrogen and oxygen atoms in total. The molecule has 0 fully saturated rings. The van der Waals surface area contributed by atoms with Crippen molar-refractivity contribution in [1.29, 1.82) is 0 Å². The molecule has 0 radical (unpaired) electrons. The average molecular weight is 344 g/mol. The van der Waals surface area contributed by atoms with E-state index in [0.29, 0.717) is 12.2 Å². The van der Waals surface area contributed by atoms with Crippen LogP contribution in [0.1, 0.15) is 16.1 Å². The highest BCUT2D eigenvalue weighted by atomic mass is 32.1. The van der Waals surface area contributed by atoms with Crippen LogP contribution in [0.5, 0.6) is 0 Å². The summed E-state index contributed by atoms with van der Waals surface area (Å²) in [5, 5.41) is 8.19. The first-order chi connectivity index (χ1) is 12.3. The standard InChI is InChI=1S/C21H16N2OS/c24-21(20-10-9-15-5-2-4-8-19(15)23-20)22-13-16-6-1-3-7-18(16)17-11-12-25-14-17/h1-12,14H,13H2,(H,22,24). The van der Waals surface area contributed by atoms with Crippen molar-refractivity contribution in [1.82, 2.24) is 10.3 Å². The van der Waals surface area contributed by atoms with Crippen LogP contribution in [0.25, 0.3) is 22.0 Å². The smallest absolute Gasteiger partial charge is 0.270 e. The van der Waals surface area contributed by atoms with Gasteiger partial charge in [-0.05, 0) is 45.6 Å². The molecule has 0 aliphatic rings. The van der Waals surface area contributed by atoms with E-state index in [9.17, 15) is 4.79 Å². The topological polar surface area (TPSA) is 42.0 Å². The number of hydrogen-bond donors (Lipinski definition) is 1. The highest BCUT2D eigenvalue weighted by molar-refractivity contribution is 7.08. The molecule has 4 rings (SSSR count). The molecule has 25 heavy (non-hydrogen) atoms. The molecule has 4 heteroatoms. The van der Waals surface area contributed by atoms with Gasteiger partial charge in [0.25, 0.3) is 5.91 Å². The normalized spacial score (nSPS) is 10.7. The molecule has 1 N–H and O–H groups in total. The molecule has 122 valence electrons. The number of para-hydroxylation sites is 1. The van der Waals surface area contributed by atoms with Gasteiger partial charge < -0.3 is 5.32 Å². The van der Waals surface area contributed by atoms with Crippen LogP contribution in [0, 0.1) is 0 Å². The van der Waals surface area contributed by atoms with Crippen LogP contribution >= 0.6 is 11.3 Å². The van der Waals surface area contributed by atoms with Crippen molar-refractivity contribution in [2.24, 2.45) is 0 Å². The summed E-state index contributed by atoms with van der Waals surface area (Å²) in [4.78, 5) is 16.9. The molecule has 0 aliphatic carbocycles. The number of nitrogens with zero attached hydrogens (tertiary/aromatic N) is 1. The monoisotopic (exact) mass is 344 g/mol. The van der Waals surface area contributed by atoms with Crippen LogP contribution in [0.3, 0.4) is 0 Å². The number of hydrogen-bond acceptors (Lipinski definition) is 3. The van der Waals surface area contributed by atoms with Gasteiger partial charge in [0.2, 0.25) is 0 Å². The molecule has 0 bridgehead atoms. The third kappa shape index (κ3) is 3.30. The predicted molar refractivity (Wildman–Crippen MR) is 103 cm³/mol. The molecule has 4 aromatic rings. The number of rotatable bonds is 4. The molecule has 0 saturated carbocycles. The lowest BCUT2D eigenvalue weighted by molar-refractivity contribution is 0.0946. The maximum Gasteiger partial charge on any atom is 0.270 e. The molecular formula is C21H16N2OS. The van der Waals surface area contributed by atoms with Crippen LogP contribution in [-0.4, -0.2) is 10.9 Å². The van der Waals surface area contributed by atoms with Gasteiger partial charge in [-0.25, -0.2) is 4.98 Å². The molecule has 2 heterocycles. The molecular weight excluding hydrogens is 328 g/mol. The van der Waals surface area contributed by atoms with Gasteiger partial charge in [-0.15, -0.1) is 0 Å². The number of aromatic nitrogens is 1. The number of nitrogens with one attached hydrogen (secondary N) is 1. The molecule has 0 saturated heterocycles. The van der Waals surface area contributed by atoms with Crippen molar-refractivity contribution in [2.75, 3.05) is 0 Å². The number of pyridine rings is 1. The Morgan fingerprint density at radius 1 is 0.960 bits per heavy atom. The first-order valence-electron chi connectivity index (χ1n) is 8.06. The summed E-state index contributed by atoms with van der Waals surface area (Å²) in [6.45, 7) is 0.472. The van der Waals surface area contributed by atoms with Gasteiger partial charge in [0, 0.05) is 11.9 Å². The Morgan fingerprint density at radius 2 is 1.80 bits per heavy atom. The Bertz CT molecular complexity index is 1020. The Morgan fingerprint density at radius 3 is 2.68 bits per heavy atom. The molecule has 2 aromatic heterocycles. The van der Waals surface area contributed by atoms with Crippen molar-refractivity contribution in [3.8, 4) is 11.1 Å². The van der Waals surface area contributed by atoms with E-state index in [1.54, 1.807) is 17.4 Å². The van der Waals surface area contributed by atoms with Gasteiger partial charge in [0.1, 0.15) is 5.69 Å². The van der Waals surface area contributed by atoms with E-state index < -0.39 is 0 Å². The van der Waals surface area contributed by atoms with Gasteiger partial charge in [-0.2, -0.15) is 11.3 Å². The molecule has 0 unspecified atom stereocenters. The van der Waals surface area contributed by atoms with Gasteiger partial charge in [-0.3, -0.25) is 4.79 Å². The number of amides is 1. The summed E-state index contributed by atoms with van der Waals surface area (Å²) < 4.78 is 0. The molecule has 0 aliphatic heterocycles. The third-order valence-corrected chi connectivity index (χ3v) is 4.80. The second kappa shape index (κ2) is 6.87. The van der Waals surface area contributed by atoms with Crippen LogP contribution in [-0.2, 0) is 6.54 Å². The van der Waals surface area contributed by atoms with Gasteiger partial charge >= 0.3 is 0 Å². The van der Waals surface area contributed by atoms with Crippen molar-refractivity contribution in [3.63, 3.8) is 0 Å². The number of benzene rings is 2. The maximum atomic E-state index is 12.5. The summed E-state index contributed by atoms with van der Waals surface area (Å²) >= 11 is 1.67. The fourth-order valence-corrected chi connectivity index (χ4v) is 3.49. The number of carbonyl (C=O) groups excluding carboxylic acids is 1. The Hall–Kier alpha value is -2.98. The minimum atomic E-state index is -0.161. The second-order valence-corrected chi connectivity index (χ2v) is 6.52. The zero-order chi connectivity index (χ0) is 17.1. The van der Waals surface area contributed by atoms with E-state index in [1.165, 1.54) is 5.56 Å². The van der Waals surface area contributed by atoms with Gasteiger partial charge in [-0.1, -0.05) is 48.5 Å². The summed E-state index contributed by atoms with van der Waals surface area (Å²) in [5.74, 6) is -0.161. The lowest BCUT2D eigenvalue weighted by Gasteiger charge is -2.10. The highest BCUT2D eigenvalue weighted by Gasteiger charge is 2.10. The number of thiophene rings is 1. The van der Waals surface area contributed by atoms with Crippen molar-refractivity contribution in [3.05, 3.63) is 88.7 Å². The van der Waals surface area contributed by atoms with Crippen LogP contribution in [0.4, 0.5) is 0 Å². The lowest BCUT2D eigenvalue weighted by Crippen LogP contribution is -2.24. The van der Waals surface area contributed by atoms with E-state index in [1.807, 2.05) is 48.5 Å². The van der Waals surface area contributed by atoms with Crippen molar-refractivity contribution >= 4 is 28.1 Å². The van der Waals surface area contributed by atoms with E-state index in [0.717, 1.165) is 22.0 Å². The van der Waals surface area contributed by atoms with Crippen LogP contribution < -0.4 is 5.32 Å². The summed E-state index contributed by atoms with van der Waals surface area (Å²) in [6.07, 6.45) is 0. The predicted octanol–water partition coefficient (Wildman–Crippen LogP) is 4.89. The van der Waals surface area contributed by atoms with Gasteiger partial charge in [0.15, 0.2) is 0 Å². The minimum absolute atomic E-state index is 0.161. The second-order valence-electron chi connectivity index (χ2n) is 5.74. The molecule has 0 atom stereocenters. The molecule has 0 spiro atoms. The maximum absolute atomic E-state index is 12.5. The van der Waals surface area contributed by atoms with Crippen molar-refractivity contribution in [2.45, 2.75) is 6.54 Å². The van der Waals surface area contributed by atoms with E-state index >= 15 is 0 Å². The van der Waals surface area contributed by atoms with E-state index in [2.05, 4.69) is 33.2 Å². The SMILES string of the molecule is O=C(NCc1ccccc1-c1ccsc1)c1ccc2ccccc2n1. The zero-order valence-electron chi connectivity index (χ0n) is 13.5. The molecule has 2 aromatic carbocycles. The van der Waals surface area contributed by atoms with Crippen LogP contribution in [0.2, 0.25) is 0 Å². The summed E-state index contributed by atoms with van der Waals surface area (Å²) in [5.41, 5.74) is 4.68. The summed E-state index contributed by atoms with van der Waals surface area (Å²) in [7, 11) is 0. The number of fused-ring (bicyclic) bond motifs is 1. The number of carbonyl (C=O) groups is 1. The Labute approximate surface area is 150 Å². The first-order valence-corrected chi connectivity index (χ1v) is 9.00. The summed E-state index contributed by atoms with van der Waals surface area (Å²) in [6, 6.07) is 21.7. The quantitative estimate of drug-likeness (QED) is 0.572.